The summed E-state index contributed by atoms with van der Waals surface area (Å²) in [7, 11) is 2.92. The first-order valence-corrected chi connectivity index (χ1v) is 7.90. The van der Waals surface area contributed by atoms with Gasteiger partial charge in [0.2, 0.25) is 0 Å². The van der Waals surface area contributed by atoms with Crippen LogP contribution in [0, 0.1) is 11.6 Å². The first-order chi connectivity index (χ1) is 12.1. The van der Waals surface area contributed by atoms with Gasteiger partial charge in [0.05, 0.1) is 19.2 Å². The van der Waals surface area contributed by atoms with E-state index in [4.69, 9.17) is 21.1 Å². The van der Waals surface area contributed by atoms with Crippen LogP contribution >= 0.6 is 11.6 Å². The molecule has 0 bridgehead atoms. The molecule has 0 saturated heterocycles. The summed E-state index contributed by atoms with van der Waals surface area (Å²) >= 11 is 6.08. The number of rotatable bonds is 4. The second-order valence-corrected chi connectivity index (χ2v) is 5.72. The molecule has 0 saturated carbocycles. The Morgan fingerprint density at radius 1 is 0.680 bits per heavy atom. The number of para-hydroxylation sites is 2. The molecule has 3 rings (SSSR count). The second-order valence-electron chi connectivity index (χ2n) is 5.31. The molecule has 0 aromatic heterocycles. The smallest absolute Gasteiger partial charge is 0.167 e. The molecule has 0 spiro atoms. The van der Waals surface area contributed by atoms with Crippen LogP contribution in [0.4, 0.5) is 8.78 Å². The van der Waals surface area contributed by atoms with E-state index in [1.54, 1.807) is 42.5 Å². The van der Waals surface area contributed by atoms with E-state index >= 15 is 0 Å². The molecule has 0 atom stereocenters. The zero-order valence-electron chi connectivity index (χ0n) is 13.6. The summed E-state index contributed by atoms with van der Waals surface area (Å²) in [5.41, 5.74) is 1.07. The third-order valence-electron chi connectivity index (χ3n) is 3.94. The number of halogens is 3. The van der Waals surface area contributed by atoms with Gasteiger partial charge in [-0.2, -0.15) is 0 Å². The zero-order chi connectivity index (χ0) is 18.0. The van der Waals surface area contributed by atoms with Crippen molar-refractivity contribution in [3.05, 3.63) is 71.3 Å². The molecular formula is C20H15ClF2O2. The highest BCUT2D eigenvalue weighted by atomic mass is 35.5. The van der Waals surface area contributed by atoms with Crippen LogP contribution < -0.4 is 9.47 Å². The van der Waals surface area contributed by atoms with Crippen molar-refractivity contribution in [1.82, 2.24) is 0 Å². The summed E-state index contributed by atoms with van der Waals surface area (Å²) in [6.07, 6.45) is 0. The fourth-order valence-corrected chi connectivity index (χ4v) is 3.01. The van der Waals surface area contributed by atoms with Gasteiger partial charge in [0.25, 0.3) is 0 Å². The van der Waals surface area contributed by atoms with Crippen LogP contribution in [0.1, 0.15) is 0 Å². The SMILES string of the molecule is COc1ccccc1-c1ccc(-c2cccc(Cl)c2OC)c(F)c1F. The lowest BCUT2D eigenvalue weighted by Gasteiger charge is -2.14. The molecule has 0 aliphatic carbocycles. The first kappa shape index (κ1) is 17.2. The van der Waals surface area contributed by atoms with Gasteiger partial charge in [-0.05, 0) is 12.1 Å². The number of hydrogen-bond acceptors (Lipinski definition) is 2. The summed E-state index contributed by atoms with van der Waals surface area (Å²) in [5.74, 6) is -1.16. The maximum absolute atomic E-state index is 14.8. The average Bonchev–Trinajstić information content (AvgIpc) is 2.64. The third-order valence-corrected chi connectivity index (χ3v) is 4.24. The molecule has 0 heterocycles. The van der Waals surface area contributed by atoms with E-state index in [0.717, 1.165) is 0 Å². The fraction of sp³-hybridized carbons (Fsp3) is 0.100. The number of ether oxygens (including phenoxy) is 2. The van der Waals surface area contributed by atoms with Gasteiger partial charge >= 0.3 is 0 Å². The molecule has 3 aromatic rings. The Labute approximate surface area is 149 Å². The Morgan fingerprint density at radius 3 is 1.92 bits per heavy atom. The van der Waals surface area contributed by atoms with Crippen molar-refractivity contribution in [2.75, 3.05) is 14.2 Å². The minimum absolute atomic E-state index is 0.0792. The summed E-state index contributed by atoms with van der Waals surface area (Å²) in [6.45, 7) is 0. The lowest BCUT2D eigenvalue weighted by molar-refractivity contribution is 0.415. The fourth-order valence-electron chi connectivity index (χ4n) is 2.76. The average molecular weight is 361 g/mol. The third kappa shape index (κ3) is 3.05. The molecule has 0 fully saturated rings. The molecule has 0 aliphatic rings. The van der Waals surface area contributed by atoms with Gasteiger partial charge in [0, 0.05) is 22.3 Å². The first-order valence-electron chi connectivity index (χ1n) is 7.52. The maximum Gasteiger partial charge on any atom is 0.167 e. The van der Waals surface area contributed by atoms with E-state index in [1.165, 1.54) is 26.4 Å². The minimum Gasteiger partial charge on any atom is -0.496 e. The highest BCUT2D eigenvalue weighted by Crippen LogP contribution is 2.40. The predicted octanol–water partition coefficient (Wildman–Crippen LogP) is 5.97. The molecule has 0 aliphatic heterocycles. The van der Waals surface area contributed by atoms with Gasteiger partial charge in [0.1, 0.15) is 11.5 Å². The number of benzene rings is 3. The van der Waals surface area contributed by atoms with Crippen LogP contribution in [0.2, 0.25) is 5.02 Å². The van der Waals surface area contributed by atoms with Crippen LogP contribution in [0.3, 0.4) is 0 Å². The summed E-state index contributed by atoms with van der Waals surface area (Å²) in [4.78, 5) is 0. The monoisotopic (exact) mass is 360 g/mol. The zero-order valence-corrected chi connectivity index (χ0v) is 14.4. The maximum atomic E-state index is 14.8. The highest BCUT2D eigenvalue weighted by Gasteiger charge is 2.20. The van der Waals surface area contributed by atoms with Crippen LogP contribution in [-0.4, -0.2) is 14.2 Å². The molecular weight excluding hydrogens is 346 g/mol. The Morgan fingerprint density at radius 2 is 1.28 bits per heavy atom. The van der Waals surface area contributed by atoms with Gasteiger partial charge < -0.3 is 9.47 Å². The molecule has 2 nitrogen and oxygen atoms in total. The topological polar surface area (TPSA) is 18.5 Å². The van der Waals surface area contributed by atoms with Crippen LogP contribution in [0.15, 0.2) is 54.6 Å². The van der Waals surface area contributed by atoms with E-state index < -0.39 is 11.6 Å². The van der Waals surface area contributed by atoms with Crippen molar-refractivity contribution in [3.63, 3.8) is 0 Å². The quantitative estimate of drug-likeness (QED) is 0.570. The lowest BCUT2D eigenvalue weighted by atomic mass is 9.97. The highest BCUT2D eigenvalue weighted by molar-refractivity contribution is 6.32. The van der Waals surface area contributed by atoms with E-state index in [9.17, 15) is 8.78 Å². The molecule has 128 valence electrons. The summed E-state index contributed by atoms with van der Waals surface area (Å²) in [5, 5.41) is 0.327. The van der Waals surface area contributed by atoms with Crippen molar-refractivity contribution >= 4 is 11.6 Å². The second kappa shape index (κ2) is 7.11. The van der Waals surface area contributed by atoms with Gasteiger partial charge in [-0.25, -0.2) is 8.78 Å². The summed E-state index contributed by atoms with van der Waals surface area (Å²) < 4.78 is 40.1. The Balaban J connectivity index is 2.19. The van der Waals surface area contributed by atoms with E-state index in [-0.39, 0.29) is 11.1 Å². The minimum atomic E-state index is -0.969. The van der Waals surface area contributed by atoms with Crippen LogP contribution in [0.5, 0.6) is 11.5 Å². The molecule has 3 aromatic carbocycles. The van der Waals surface area contributed by atoms with Crippen molar-refractivity contribution in [2.24, 2.45) is 0 Å². The van der Waals surface area contributed by atoms with Crippen molar-refractivity contribution in [2.45, 2.75) is 0 Å². The van der Waals surface area contributed by atoms with Crippen LogP contribution in [-0.2, 0) is 0 Å². The molecule has 0 radical (unpaired) electrons. The van der Waals surface area contributed by atoms with Crippen LogP contribution in [0.25, 0.3) is 22.3 Å². The number of hydrogen-bond donors (Lipinski definition) is 0. The van der Waals surface area contributed by atoms with Crippen molar-refractivity contribution in [3.8, 4) is 33.8 Å². The molecule has 0 N–H and O–H groups in total. The summed E-state index contributed by atoms with van der Waals surface area (Å²) in [6, 6.07) is 14.8. The Hall–Kier alpha value is -2.59. The molecule has 0 amide bonds. The molecule has 25 heavy (non-hydrogen) atoms. The van der Waals surface area contributed by atoms with E-state index in [2.05, 4.69) is 0 Å². The normalized spacial score (nSPS) is 10.6. The van der Waals surface area contributed by atoms with E-state index in [1.807, 2.05) is 0 Å². The van der Waals surface area contributed by atoms with Gasteiger partial charge in [-0.1, -0.05) is 54.1 Å². The van der Waals surface area contributed by atoms with Crippen molar-refractivity contribution < 1.29 is 18.3 Å². The Bertz CT molecular complexity index is 926. The number of methoxy groups -OCH3 is 2. The predicted molar refractivity (Wildman–Crippen MR) is 95.3 cm³/mol. The Kier molecular flexibility index (Phi) is 4.91. The molecule has 5 heteroatoms. The van der Waals surface area contributed by atoms with Crippen molar-refractivity contribution in [1.29, 1.82) is 0 Å². The van der Waals surface area contributed by atoms with E-state index in [0.29, 0.717) is 27.6 Å². The molecule has 0 unspecified atom stereocenters. The van der Waals surface area contributed by atoms with Gasteiger partial charge in [0.15, 0.2) is 11.6 Å². The lowest BCUT2D eigenvalue weighted by Crippen LogP contribution is -1.97. The largest absolute Gasteiger partial charge is 0.496 e. The van der Waals surface area contributed by atoms with Gasteiger partial charge in [-0.15, -0.1) is 0 Å². The van der Waals surface area contributed by atoms with Gasteiger partial charge in [-0.3, -0.25) is 0 Å². The standard InChI is InChI=1S/C20H15ClF2O2/c1-24-17-9-4-3-6-12(17)13-10-11-14(19(23)18(13)22)15-7-5-8-16(21)20(15)25-2/h3-11H,1-2H3.